The summed E-state index contributed by atoms with van der Waals surface area (Å²) in [5.41, 5.74) is 2.05. The average Bonchev–Trinajstić information content (AvgIpc) is 2.72. The van der Waals surface area contributed by atoms with Crippen LogP contribution in [0.3, 0.4) is 0 Å². The Kier molecular flexibility index (Phi) is 2.99. The molecule has 3 aromatic rings. The summed E-state index contributed by atoms with van der Waals surface area (Å²) in [5.74, 6) is 0. The predicted molar refractivity (Wildman–Crippen MR) is 84.4 cm³/mol. The van der Waals surface area contributed by atoms with Crippen LogP contribution in [0.15, 0.2) is 23.0 Å². The van der Waals surface area contributed by atoms with Gasteiger partial charge in [0.1, 0.15) is 5.52 Å². The zero-order chi connectivity index (χ0) is 15.4. The summed E-state index contributed by atoms with van der Waals surface area (Å²) in [7, 11) is 3.42. The summed E-state index contributed by atoms with van der Waals surface area (Å²) in [6.07, 6.45) is 1.89. The lowest BCUT2D eigenvalue weighted by atomic mass is 9.89. The highest BCUT2D eigenvalue weighted by atomic mass is 35.5. The highest BCUT2D eigenvalue weighted by molar-refractivity contribution is 6.31. The highest BCUT2D eigenvalue weighted by Crippen LogP contribution is 2.36. The molecule has 0 radical (unpaired) electrons. The second-order valence-electron chi connectivity index (χ2n) is 5.73. The smallest absolute Gasteiger partial charge is 0.330 e. The molecule has 1 aliphatic rings. The number of ether oxygens (including phenoxy) is 1. The average molecular weight is 319 g/mol. The summed E-state index contributed by atoms with van der Waals surface area (Å²) in [4.78, 5) is 12.6. The Morgan fingerprint density at radius 3 is 2.82 bits per heavy atom. The summed E-state index contributed by atoms with van der Waals surface area (Å²) in [6, 6.07) is 5.58. The Morgan fingerprint density at radius 1 is 1.32 bits per heavy atom. The lowest BCUT2D eigenvalue weighted by Gasteiger charge is -2.34. The maximum Gasteiger partial charge on any atom is 0.330 e. The number of benzene rings is 1. The fourth-order valence-corrected chi connectivity index (χ4v) is 3.32. The molecule has 1 fully saturated rings. The second-order valence-corrected chi connectivity index (χ2v) is 6.16. The monoisotopic (exact) mass is 318 g/mol. The van der Waals surface area contributed by atoms with Crippen LogP contribution >= 0.6 is 11.6 Å². The SMILES string of the molecule is CO[C@H]1C[C@@H](n2c(=O)n(C)c3nnc4ccc(Cl)cc4c32)C1. The van der Waals surface area contributed by atoms with Crippen LogP contribution in [0.1, 0.15) is 18.9 Å². The van der Waals surface area contributed by atoms with Gasteiger partial charge in [-0.1, -0.05) is 11.6 Å². The van der Waals surface area contributed by atoms with Gasteiger partial charge >= 0.3 is 5.69 Å². The van der Waals surface area contributed by atoms with E-state index < -0.39 is 0 Å². The van der Waals surface area contributed by atoms with E-state index >= 15 is 0 Å². The van der Waals surface area contributed by atoms with E-state index in [9.17, 15) is 4.79 Å². The topological polar surface area (TPSA) is 61.9 Å². The number of methoxy groups -OCH3 is 1. The van der Waals surface area contributed by atoms with Gasteiger partial charge in [0, 0.05) is 30.6 Å². The van der Waals surface area contributed by atoms with Crippen LogP contribution in [0.2, 0.25) is 5.02 Å². The van der Waals surface area contributed by atoms with Gasteiger partial charge in [0.2, 0.25) is 0 Å². The van der Waals surface area contributed by atoms with Crippen LogP contribution in [-0.2, 0) is 11.8 Å². The number of nitrogens with zero attached hydrogens (tertiary/aromatic N) is 4. The Bertz CT molecular complexity index is 940. The van der Waals surface area contributed by atoms with Gasteiger partial charge in [0.15, 0.2) is 5.65 Å². The van der Waals surface area contributed by atoms with Crippen molar-refractivity contribution in [3.8, 4) is 0 Å². The van der Waals surface area contributed by atoms with Crippen LogP contribution in [-0.4, -0.2) is 32.5 Å². The molecule has 22 heavy (non-hydrogen) atoms. The van der Waals surface area contributed by atoms with E-state index in [4.69, 9.17) is 16.3 Å². The van der Waals surface area contributed by atoms with E-state index in [1.165, 1.54) is 0 Å². The number of aromatic nitrogens is 4. The molecular weight excluding hydrogens is 304 g/mol. The zero-order valence-corrected chi connectivity index (χ0v) is 13.0. The van der Waals surface area contributed by atoms with Crippen LogP contribution in [0.25, 0.3) is 22.1 Å². The van der Waals surface area contributed by atoms with Crippen LogP contribution in [0.4, 0.5) is 0 Å². The minimum absolute atomic E-state index is 0.0728. The maximum absolute atomic E-state index is 12.6. The number of hydrogen-bond acceptors (Lipinski definition) is 4. The Morgan fingerprint density at radius 2 is 2.09 bits per heavy atom. The van der Waals surface area contributed by atoms with Crippen molar-refractivity contribution in [1.29, 1.82) is 0 Å². The van der Waals surface area contributed by atoms with Gasteiger partial charge in [-0.25, -0.2) is 4.79 Å². The van der Waals surface area contributed by atoms with Gasteiger partial charge in [-0.2, -0.15) is 0 Å². The van der Waals surface area contributed by atoms with Gasteiger partial charge in [-0.15, -0.1) is 10.2 Å². The Labute approximate surface area is 131 Å². The van der Waals surface area contributed by atoms with Crippen molar-refractivity contribution < 1.29 is 4.74 Å². The van der Waals surface area contributed by atoms with Gasteiger partial charge in [0.25, 0.3) is 0 Å². The van der Waals surface area contributed by atoms with Crippen molar-refractivity contribution >= 4 is 33.7 Å². The highest BCUT2D eigenvalue weighted by Gasteiger charge is 2.34. The first-order chi connectivity index (χ1) is 10.6. The van der Waals surface area contributed by atoms with Gasteiger partial charge < -0.3 is 4.74 Å². The fraction of sp³-hybridized carbons (Fsp3) is 0.400. The molecule has 114 valence electrons. The van der Waals surface area contributed by atoms with Crippen molar-refractivity contribution in [2.45, 2.75) is 25.0 Å². The van der Waals surface area contributed by atoms with Crippen molar-refractivity contribution in [2.75, 3.05) is 7.11 Å². The van der Waals surface area contributed by atoms with Crippen molar-refractivity contribution in [3.63, 3.8) is 0 Å². The zero-order valence-electron chi connectivity index (χ0n) is 12.3. The van der Waals surface area contributed by atoms with Crippen molar-refractivity contribution in [3.05, 3.63) is 33.7 Å². The third kappa shape index (κ3) is 1.80. The fourth-order valence-electron chi connectivity index (χ4n) is 3.15. The third-order valence-electron chi connectivity index (χ3n) is 4.50. The first-order valence-electron chi connectivity index (χ1n) is 7.16. The quantitative estimate of drug-likeness (QED) is 0.727. The summed E-state index contributed by atoms with van der Waals surface area (Å²) < 4.78 is 8.69. The molecular formula is C15H15ClN4O2. The third-order valence-corrected chi connectivity index (χ3v) is 4.73. The van der Waals surface area contributed by atoms with Crippen molar-refractivity contribution in [1.82, 2.24) is 19.3 Å². The first kappa shape index (κ1) is 13.7. The molecule has 0 atom stereocenters. The molecule has 2 heterocycles. The lowest BCUT2D eigenvalue weighted by Crippen LogP contribution is -2.37. The molecule has 0 aliphatic heterocycles. The number of aryl methyl sites for hydroxylation is 1. The van der Waals surface area contributed by atoms with E-state index in [0.29, 0.717) is 10.7 Å². The molecule has 1 aliphatic carbocycles. The Hall–Kier alpha value is -1.92. The van der Waals surface area contributed by atoms with Crippen LogP contribution in [0.5, 0.6) is 0 Å². The molecule has 0 unspecified atom stereocenters. The standard InChI is InChI=1S/C15H15ClN4O2/c1-19-14-13(11-5-8(16)3-4-12(11)17-18-14)20(15(19)21)9-6-10(7-9)22-2/h3-5,9-10H,6-7H2,1-2H3/t9-,10+. The molecule has 0 amide bonds. The second kappa shape index (κ2) is 4.79. The summed E-state index contributed by atoms with van der Waals surface area (Å²) >= 11 is 6.13. The number of hydrogen-bond donors (Lipinski definition) is 0. The molecule has 0 saturated heterocycles. The number of halogens is 1. The predicted octanol–water partition coefficient (Wildman–Crippen LogP) is 2.29. The molecule has 7 heteroatoms. The van der Waals surface area contributed by atoms with E-state index in [-0.39, 0.29) is 17.8 Å². The number of imidazole rings is 1. The van der Waals surface area contributed by atoms with Crippen LogP contribution in [0, 0.1) is 0 Å². The molecule has 1 aromatic carbocycles. The molecule has 6 nitrogen and oxygen atoms in total. The van der Waals surface area contributed by atoms with E-state index in [0.717, 1.165) is 29.3 Å². The van der Waals surface area contributed by atoms with E-state index in [1.54, 1.807) is 24.8 Å². The van der Waals surface area contributed by atoms with Crippen molar-refractivity contribution in [2.24, 2.45) is 7.05 Å². The normalized spacial score (nSPS) is 21.4. The minimum Gasteiger partial charge on any atom is -0.381 e. The largest absolute Gasteiger partial charge is 0.381 e. The van der Waals surface area contributed by atoms with Gasteiger partial charge in [-0.05, 0) is 31.0 Å². The van der Waals surface area contributed by atoms with Crippen LogP contribution < -0.4 is 5.69 Å². The molecule has 4 rings (SSSR count). The summed E-state index contributed by atoms with van der Waals surface area (Å²) in [5, 5.41) is 9.89. The van der Waals surface area contributed by atoms with Gasteiger partial charge in [0.05, 0.1) is 11.6 Å². The molecule has 0 bridgehead atoms. The maximum atomic E-state index is 12.6. The number of fused-ring (bicyclic) bond motifs is 3. The van der Waals surface area contributed by atoms with E-state index in [1.807, 2.05) is 16.7 Å². The Balaban J connectivity index is 2.04. The summed E-state index contributed by atoms with van der Waals surface area (Å²) in [6.45, 7) is 0. The lowest BCUT2D eigenvalue weighted by molar-refractivity contribution is 0.00635. The molecule has 0 spiro atoms. The first-order valence-corrected chi connectivity index (χ1v) is 7.53. The minimum atomic E-state index is -0.0728. The molecule has 1 saturated carbocycles. The number of rotatable bonds is 2. The van der Waals surface area contributed by atoms with E-state index in [2.05, 4.69) is 10.2 Å². The van der Waals surface area contributed by atoms with Gasteiger partial charge in [-0.3, -0.25) is 9.13 Å². The molecule has 0 N–H and O–H groups in total. The molecule has 2 aromatic heterocycles.